The number of halogens is 1. The molecule has 0 fully saturated rings. The Hall–Kier alpha value is -2.02. The normalized spacial score (nSPS) is 10.4. The smallest absolute Gasteiger partial charge is 0.166 e. The molecule has 4 N–H and O–H groups in total. The van der Waals surface area contributed by atoms with Gasteiger partial charge < -0.3 is 25.8 Å². The molecule has 140 valence electrons. The second-order valence-electron chi connectivity index (χ2n) is 5.76. The zero-order chi connectivity index (χ0) is 18.9. The van der Waals surface area contributed by atoms with Crippen LogP contribution >= 0.6 is 23.8 Å². The first kappa shape index (κ1) is 20.3. The maximum absolute atomic E-state index is 5.92. The zero-order valence-electron chi connectivity index (χ0n) is 14.8. The van der Waals surface area contributed by atoms with Crippen LogP contribution in [-0.4, -0.2) is 36.8 Å². The lowest BCUT2D eigenvalue weighted by atomic mass is 10.1. The van der Waals surface area contributed by atoms with Crippen molar-refractivity contribution in [3.05, 3.63) is 58.6 Å². The van der Waals surface area contributed by atoms with E-state index in [1.54, 1.807) is 7.11 Å². The minimum Gasteiger partial charge on any atom is -0.493 e. The number of hydrogen-bond donors (Lipinski definition) is 2. The van der Waals surface area contributed by atoms with Crippen molar-refractivity contribution < 1.29 is 9.47 Å². The van der Waals surface area contributed by atoms with Gasteiger partial charge in [-0.3, -0.25) is 0 Å². The molecule has 2 rings (SSSR count). The van der Waals surface area contributed by atoms with Crippen molar-refractivity contribution in [1.82, 2.24) is 4.90 Å². The first-order valence-electron chi connectivity index (χ1n) is 8.32. The number of nitrogens with zero attached hydrogens (tertiary/aromatic N) is 1. The third-order valence-corrected chi connectivity index (χ3v) is 4.38. The highest BCUT2D eigenvalue weighted by Gasteiger charge is 2.11. The maximum atomic E-state index is 5.92. The monoisotopic (exact) mass is 393 g/mol. The van der Waals surface area contributed by atoms with Crippen LogP contribution in [0.15, 0.2) is 42.5 Å². The van der Waals surface area contributed by atoms with Crippen molar-refractivity contribution in [2.75, 3.05) is 26.8 Å². The van der Waals surface area contributed by atoms with Crippen LogP contribution < -0.4 is 20.9 Å². The van der Waals surface area contributed by atoms with Gasteiger partial charge in [0.2, 0.25) is 0 Å². The Morgan fingerprint density at radius 1 is 1.12 bits per heavy atom. The standard InChI is InChI=1S/C19H24ClN3O2S/c1-24-18-12-15(4-7-17(18)25-11-9-21)13-23(19(22)26)10-8-14-2-5-16(20)6-3-14/h2-7,12H,8-11,13,21H2,1H3,(H2,22,26). The van der Waals surface area contributed by atoms with Crippen molar-refractivity contribution in [1.29, 1.82) is 0 Å². The summed E-state index contributed by atoms with van der Waals surface area (Å²) < 4.78 is 11.0. The molecule has 0 aliphatic rings. The van der Waals surface area contributed by atoms with Crippen LogP contribution in [0, 0.1) is 0 Å². The van der Waals surface area contributed by atoms with Crippen molar-refractivity contribution in [3.63, 3.8) is 0 Å². The quantitative estimate of drug-likeness (QED) is 0.638. The van der Waals surface area contributed by atoms with E-state index in [0.29, 0.717) is 42.9 Å². The lowest BCUT2D eigenvalue weighted by Crippen LogP contribution is -2.36. The predicted octanol–water partition coefficient (Wildman–Crippen LogP) is 2.97. The number of methoxy groups -OCH3 is 1. The topological polar surface area (TPSA) is 73.7 Å². The zero-order valence-corrected chi connectivity index (χ0v) is 16.4. The minimum absolute atomic E-state index is 0.362. The number of thiocarbonyl (C=S) groups is 1. The molecule has 2 aromatic rings. The minimum atomic E-state index is 0.362. The van der Waals surface area contributed by atoms with Gasteiger partial charge in [-0.1, -0.05) is 29.8 Å². The lowest BCUT2D eigenvalue weighted by Gasteiger charge is -2.23. The molecule has 2 aromatic carbocycles. The average Bonchev–Trinajstić information content (AvgIpc) is 2.64. The number of hydrogen-bond acceptors (Lipinski definition) is 4. The number of rotatable bonds is 9. The molecule has 0 saturated carbocycles. The van der Waals surface area contributed by atoms with Crippen molar-refractivity contribution in [2.45, 2.75) is 13.0 Å². The summed E-state index contributed by atoms with van der Waals surface area (Å²) >= 11 is 11.1. The van der Waals surface area contributed by atoms with E-state index in [1.807, 2.05) is 47.4 Å². The molecule has 0 atom stereocenters. The molecule has 0 amide bonds. The van der Waals surface area contributed by atoms with E-state index in [2.05, 4.69) is 0 Å². The van der Waals surface area contributed by atoms with Crippen LogP contribution in [0.2, 0.25) is 5.02 Å². The maximum Gasteiger partial charge on any atom is 0.166 e. The van der Waals surface area contributed by atoms with Gasteiger partial charge in [0.15, 0.2) is 16.6 Å². The van der Waals surface area contributed by atoms with E-state index in [1.165, 1.54) is 5.56 Å². The second kappa shape index (κ2) is 10.2. The van der Waals surface area contributed by atoms with Gasteiger partial charge >= 0.3 is 0 Å². The third kappa shape index (κ3) is 6.05. The van der Waals surface area contributed by atoms with Crippen LogP contribution in [0.3, 0.4) is 0 Å². The van der Waals surface area contributed by atoms with Gasteiger partial charge in [-0.15, -0.1) is 0 Å². The fraction of sp³-hybridized carbons (Fsp3) is 0.316. The first-order valence-corrected chi connectivity index (χ1v) is 9.10. The van der Waals surface area contributed by atoms with Crippen molar-refractivity contribution in [3.8, 4) is 11.5 Å². The molecule has 0 saturated heterocycles. The number of ether oxygens (including phenoxy) is 2. The summed E-state index contributed by atoms with van der Waals surface area (Å²) in [6, 6.07) is 13.6. The Kier molecular flexibility index (Phi) is 7.97. The Morgan fingerprint density at radius 3 is 2.42 bits per heavy atom. The summed E-state index contributed by atoms with van der Waals surface area (Å²) in [5.74, 6) is 1.33. The van der Waals surface area contributed by atoms with Gasteiger partial charge in [-0.25, -0.2) is 0 Å². The van der Waals surface area contributed by atoms with E-state index < -0.39 is 0 Å². The van der Waals surface area contributed by atoms with Gasteiger partial charge in [-0.05, 0) is 54.0 Å². The molecule has 0 aromatic heterocycles. The summed E-state index contributed by atoms with van der Waals surface area (Å²) in [5, 5.41) is 1.09. The first-order chi connectivity index (χ1) is 12.5. The predicted molar refractivity (Wildman–Crippen MR) is 110 cm³/mol. The molecule has 5 nitrogen and oxygen atoms in total. The molecule has 0 aliphatic heterocycles. The van der Waals surface area contributed by atoms with Crippen LogP contribution in [0.1, 0.15) is 11.1 Å². The molecule has 0 radical (unpaired) electrons. The Morgan fingerprint density at radius 2 is 1.81 bits per heavy atom. The Bertz CT molecular complexity index is 725. The SMILES string of the molecule is COc1cc(CN(CCc2ccc(Cl)cc2)C(N)=S)ccc1OCCN. The number of benzene rings is 2. The highest BCUT2D eigenvalue weighted by Crippen LogP contribution is 2.28. The number of nitrogens with two attached hydrogens (primary N) is 2. The lowest BCUT2D eigenvalue weighted by molar-refractivity contribution is 0.302. The fourth-order valence-corrected chi connectivity index (χ4v) is 2.78. The van der Waals surface area contributed by atoms with Gasteiger partial charge in [0.1, 0.15) is 6.61 Å². The molecule has 0 heterocycles. The molecule has 0 unspecified atom stereocenters. The van der Waals surface area contributed by atoms with Crippen molar-refractivity contribution >= 4 is 28.9 Å². The summed E-state index contributed by atoms with van der Waals surface area (Å²) in [5.41, 5.74) is 13.6. The fourth-order valence-electron chi connectivity index (χ4n) is 2.50. The molecular formula is C19H24ClN3O2S. The van der Waals surface area contributed by atoms with Crippen LogP contribution in [0.4, 0.5) is 0 Å². The average molecular weight is 394 g/mol. The summed E-state index contributed by atoms with van der Waals surface area (Å²) in [6.07, 6.45) is 0.823. The molecule has 0 aliphatic carbocycles. The molecule has 7 heteroatoms. The van der Waals surface area contributed by atoms with Gasteiger partial charge in [0, 0.05) is 24.7 Å². The van der Waals surface area contributed by atoms with Gasteiger partial charge in [-0.2, -0.15) is 0 Å². The van der Waals surface area contributed by atoms with Gasteiger partial charge in [0.05, 0.1) is 7.11 Å². The highest BCUT2D eigenvalue weighted by molar-refractivity contribution is 7.80. The molecular weight excluding hydrogens is 370 g/mol. The highest BCUT2D eigenvalue weighted by atomic mass is 35.5. The van der Waals surface area contributed by atoms with Gasteiger partial charge in [0.25, 0.3) is 0 Å². The van der Waals surface area contributed by atoms with E-state index >= 15 is 0 Å². The van der Waals surface area contributed by atoms with E-state index in [4.69, 9.17) is 44.8 Å². The third-order valence-electron chi connectivity index (χ3n) is 3.87. The van der Waals surface area contributed by atoms with Crippen LogP contribution in [0.25, 0.3) is 0 Å². The molecule has 26 heavy (non-hydrogen) atoms. The molecule has 0 spiro atoms. The van der Waals surface area contributed by atoms with Crippen LogP contribution in [-0.2, 0) is 13.0 Å². The summed E-state index contributed by atoms with van der Waals surface area (Å²) in [7, 11) is 1.61. The Labute approximate surface area is 164 Å². The van der Waals surface area contributed by atoms with Crippen LogP contribution in [0.5, 0.6) is 11.5 Å². The summed E-state index contributed by atoms with van der Waals surface area (Å²) in [6.45, 7) is 2.20. The van der Waals surface area contributed by atoms with E-state index in [9.17, 15) is 0 Å². The largest absolute Gasteiger partial charge is 0.493 e. The van der Waals surface area contributed by atoms with E-state index in [-0.39, 0.29) is 0 Å². The Balaban J connectivity index is 2.04. The second-order valence-corrected chi connectivity index (χ2v) is 6.61. The van der Waals surface area contributed by atoms with Crippen molar-refractivity contribution in [2.24, 2.45) is 11.5 Å². The summed E-state index contributed by atoms with van der Waals surface area (Å²) in [4.78, 5) is 1.96. The molecule has 0 bridgehead atoms. The van der Waals surface area contributed by atoms with E-state index in [0.717, 1.165) is 17.0 Å².